The van der Waals surface area contributed by atoms with Gasteiger partial charge >= 0.3 is 0 Å². The monoisotopic (exact) mass is 170 g/mol. The maximum atomic E-state index is 11.2. The second kappa shape index (κ2) is 4.20. The Morgan fingerprint density at radius 1 is 1.73 bits per heavy atom. The van der Waals surface area contributed by atoms with Crippen LogP contribution in [0.25, 0.3) is 0 Å². The predicted molar refractivity (Wildman–Crippen MR) is 44.7 cm³/mol. The molecule has 0 fully saturated rings. The largest absolute Gasteiger partial charge is 0.330 e. The minimum atomic E-state index is 0.102. The van der Waals surface area contributed by atoms with Crippen molar-refractivity contribution in [1.82, 2.24) is 4.98 Å². The van der Waals surface area contributed by atoms with Crippen LogP contribution in [0.2, 0.25) is 0 Å². The molecule has 3 nitrogen and oxygen atoms in total. The van der Waals surface area contributed by atoms with E-state index in [9.17, 15) is 4.79 Å². The number of nitrogens with two attached hydrogens (primary N) is 1. The summed E-state index contributed by atoms with van der Waals surface area (Å²) in [6, 6.07) is 0. The Labute approximate surface area is 69.3 Å². The number of rotatable bonds is 4. The van der Waals surface area contributed by atoms with Crippen molar-refractivity contribution in [3.63, 3.8) is 0 Å². The van der Waals surface area contributed by atoms with Crippen molar-refractivity contribution in [2.45, 2.75) is 12.8 Å². The Morgan fingerprint density at radius 3 is 3.09 bits per heavy atom. The van der Waals surface area contributed by atoms with E-state index in [1.54, 1.807) is 11.6 Å². The minimum absolute atomic E-state index is 0.102. The fraction of sp³-hybridized carbons (Fsp3) is 0.429. The highest BCUT2D eigenvalue weighted by Crippen LogP contribution is 2.07. The molecule has 0 aliphatic carbocycles. The molecule has 0 aliphatic rings. The molecule has 0 bridgehead atoms. The van der Waals surface area contributed by atoms with Gasteiger partial charge in [-0.2, -0.15) is 0 Å². The standard InChI is InChI=1S/C7H10N2OS/c8-3-1-2-6(10)7-9-4-5-11-7/h4-5H,1-3,8H2. The van der Waals surface area contributed by atoms with E-state index in [1.807, 2.05) is 0 Å². The van der Waals surface area contributed by atoms with Crippen molar-refractivity contribution < 1.29 is 4.79 Å². The Kier molecular flexibility index (Phi) is 3.19. The lowest BCUT2D eigenvalue weighted by molar-refractivity contribution is 0.0980. The molecule has 1 rings (SSSR count). The molecule has 0 saturated carbocycles. The molecule has 0 atom stereocenters. The zero-order valence-corrected chi connectivity index (χ0v) is 6.93. The normalized spacial score (nSPS) is 9.91. The molecule has 0 aromatic carbocycles. The highest BCUT2D eigenvalue weighted by molar-refractivity contribution is 7.11. The molecule has 0 amide bonds. The number of aromatic nitrogens is 1. The van der Waals surface area contributed by atoms with E-state index in [2.05, 4.69) is 4.98 Å². The average molecular weight is 170 g/mol. The number of hydrogen-bond acceptors (Lipinski definition) is 4. The van der Waals surface area contributed by atoms with Crippen LogP contribution in [0.3, 0.4) is 0 Å². The second-order valence-electron chi connectivity index (χ2n) is 2.15. The van der Waals surface area contributed by atoms with Gasteiger partial charge in [0.25, 0.3) is 0 Å². The van der Waals surface area contributed by atoms with E-state index in [0.29, 0.717) is 18.0 Å². The van der Waals surface area contributed by atoms with E-state index in [4.69, 9.17) is 5.73 Å². The highest BCUT2D eigenvalue weighted by Gasteiger charge is 2.06. The van der Waals surface area contributed by atoms with Crippen molar-refractivity contribution in [2.24, 2.45) is 5.73 Å². The number of carbonyl (C=O) groups is 1. The summed E-state index contributed by atoms with van der Waals surface area (Å²) in [7, 11) is 0. The Balaban J connectivity index is 2.43. The molecule has 1 aromatic heterocycles. The smallest absolute Gasteiger partial charge is 0.191 e. The molecular formula is C7H10N2OS. The van der Waals surface area contributed by atoms with Gasteiger partial charge in [-0.15, -0.1) is 11.3 Å². The lowest BCUT2D eigenvalue weighted by Gasteiger charge is -1.92. The summed E-state index contributed by atoms with van der Waals surface area (Å²) in [5.41, 5.74) is 5.26. The first-order chi connectivity index (χ1) is 5.34. The van der Waals surface area contributed by atoms with Gasteiger partial charge in [0.1, 0.15) is 0 Å². The van der Waals surface area contributed by atoms with Gasteiger partial charge in [0.2, 0.25) is 0 Å². The van der Waals surface area contributed by atoms with Gasteiger partial charge in [0, 0.05) is 18.0 Å². The summed E-state index contributed by atoms with van der Waals surface area (Å²) in [5, 5.41) is 2.40. The van der Waals surface area contributed by atoms with Crippen LogP contribution in [0.1, 0.15) is 22.6 Å². The van der Waals surface area contributed by atoms with Crippen LogP contribution in [0, 0.1) is 0 Å². The molecule has 11 heavy (non-hydrogen) atoms. The lowest BCUT2D eigenvalue weighted by Crippen LogP contribution is -2.04. The van der Waals surface area contributed by atoms with Gasteiger partial charge in [0.05, 0.1) is 0 Å². The fourth-order valence-electron chi connectivity index (χ4n) is 0.731. The topological polar surface area (TPSA) is 56.0 Å². The van der Waals surface area contributed by atoms with Gasteiger partial charge < -0.3 is 5.73 Å². The van der Waals surface area contributed by atoms with Crippen molar-refractivity contribution in [2.75, 3.05) is 6.54 Å². The summed E-state index contributed by atoms with van der Waals surface area (Å²) < 4.78 is 0. The van der Waals surface area contributed by atoms with Crippen LogP contribution in [0.15, 0.2) is 11.6 Å². The third-order valence-corrected chi connectivity index (χ3v) is 2.09. The zero-order chi connectivity index (χ0) is 8.10. The molecule has 2 N–H and O–H groups in total. The summed E-state index contributed by atoms with van der Waals surface area (Å²) in [6.45, 7) is 0.567. The van der Waals surface area contributed by atoms with Gasteiger partial charge in [-0.25, -0.2) is 4.98 Å². The molecule has 1 heterocycles. The maximum Gasteiger partial charge on any atom is 0.191 e. The first-order valence-electron chi connectivity index (χ1n) is 3.47. The van der Waals surface area contributed by atoms with Gasteiger partial charge in [-0.05, 0) is 13.0 Å². The molecule has 0 spiro atoms. The number of hydrogen-bond donors (Lipinski definition) is 1. The second-order valence-corrected chi connectivity index (χ2v) is 3.05. The highest BCUT2D eigenvalue weighted by atomic mass is 32.1. The molecule has 0 saturated heterocycles. The SMILES string of the molecule is NCCCC(=O)c1nccs1. The van der Waals surface area contributed by atoms with Crippen LogP contribution < -0.4 is 5.73 Å². The Hall–Kier alpha value is -0.740. The van der Waals surface area contributed by atoms with Gasteiger partial charge in [0.15, 0.2) is 10.8 Å². The molecule has 0 aliphatic heterocycles. The summed E-state index contributed by atoms with van der Waals surface area (Å²) in [5.74, 6) is 0.102. The van der Waals surface area contributed by atoms with E-state index in [0.717, 1.165) is 6.42 Å². The third-order valence-electron chi connectivity index (χ3n) is 1.28. The van der Waals surface area contributed by atoms with Crippen LogP contribution in [0.4, 0.5) is 0 Å². The lowest BCUT2D eigenvalue weighted by atomic mass is 10.2. The molecule has 1 aromatic rings. The molecule has 0 unspecified atom stereocenters. The first kappa shape index (κ1) is 8.36. The summed E-state index contributed by atoms with van der Waals surface area (Å²) in [4.78, 5) is 15.1. The van der Waals surface area contributed by atoms with Gasteiger partial charge in [-0.3, -0.25) is 4.79 Å². The van der Waals surface area contributed by atoms with Crippen molar-refractivity contribution in [3.05, 3.63) is 16.6 Å². The summed E-state index contributed by atoms with van der Waals surface area (Å²) in [6.07, 6.45) is 2.91. The number of Topliss-reactive ketones (excluding diaryl/α,β-unsaturated/α-hetero) is 1. The van der Waals surface area contributed by atoms with Gasteiger partial charge in [-0.1, -0.05) is 0 Å². The van der Waals surface area contributed by atoms with Crippen LogP contribution >= 0.6 is 11.3 Å². The third kappa shape index (κ3) is 2.40. The number of carbonyl (C=O) groups excluding carboxylic acids is 1. The van der Waals surface area contributed by atoms with Crippen LogP contribution in [0.5, 0.6) is 0 Å². The van der Waals surface area contributed by atoms with Crippen LogP contribution in [-0.4, -0.2) is 17.3 Å². The van der Waals surface area contributed by atoms with E-state index < -0.39 is 0 Å². The predicted octanol–water partition coefficient (Wildman–Crippen LogP) is 1.06. The quantitative estimate of drug-likeness (QED) is 0.687. The van der Waals surface area contributed by atoms with E-state index in [1.165, 1.54) is 11.3 Å². The Bertz CT molecular complexity index is 220. The number of nitrogens with zero attached hydrogens (tertiary/aromatic N) is 1. The average Bonchev–Trinajstić information content (AvgIpc) is 2.52. The minimum Gasteiger partial charge on any atom is -0.330 e. The molecule has 60 valence electrons. The Morgan fingerprint density at radius 2 is 2.55 bits per heavy atom. The van der Waals surface area contributed by atoms with E-state index >= 15 is 0 Å². The van der Waals surface area contributed by atoms with Crippen molar-refractivity contribution >= 4 is 17.1 Å². The zero-order valence-electron chi connectivity index (χ0n) is 6.12. The number of ketones is 1. The van der Waals surface area contributed by atoms with Crippen molar-refractivity contribution in [1.29, 1.82) is 0 Å². The molecule has 4 heteroatoms. The fourth-order valence-corrected chi connectivity index (χ4v) is 1.34. The maximum absolute atomic E-state index is 11.2. The molecule has 0 radical (unpaired) electrons. The van der Waals surface area contributed by atoms with Crippen LogP contribution in [-0.2, 0) is 0 Å². The molecular weight excluding hydrogens is 160 g/mol. The van der Waals surface area contributed by atoms with E-state index in [-0.39, 0.29) is 5.78 Å². The number of thiazole rings is 1. The summed E-state index contributed by atoms with van der Waals surface area (Å²) >= 11 is 1.38. The first-order valence-corrected chi connectivity index (χ1v) is 4.35. The van der Waals surface area contributed by atoms with Crippen molar-refractivity contribution in [3.8, 4) is 0 Å².